The Bertz CT molecular complexity index is 450. The van der Waals surface area contributed by atoms with Crippen LogP contribution in [0.3, 0.4) is 0 Å². The maximum absolute atomic E-state index is 11.6. The predicted molar refractivity (Wildman–Crippen MR) is 71.3 cm³/mol. The van der Waals surface area contributed by atoms with Crippen molar-refractivity contribution in [2.24, 2.45) is 11.0 Å². The van der Waals surface area contributed by atoms with Gasteiger partial charge in [0.25, 0.3) is 0 Å². The number of rotatable bonds is 6. The first-order chi connectivity index (χ1) is 8.99. The molecule has 1 aromatic heterocycles. The maximum atomic E-state index is 11.6. The van der Waals surface area contributed by atoms with Gasteiger partial charge in [0.05, 0.1) is 19.2 Å². The lowest BCUT2D eigenvalue weighted by molar-refractivity contribution is -0.124. The summed E-state index contributed by atoms with van der Waals surface area (Å²) in [4.78, 5) is 22.9. The summed E-state index contributed by atoms with van der Waals surface area (Å²) in [7, 11) is 0. The number of nitrogens with one attached hydrogen (secondary N) is 2. The van der Waals surface area contributed by atoms with Crippen LogP contribution in [0.15, 0.2) is 27.9 Å². The average Bonchev–Trinajstić information content (AvgIpc) is 2.86. The van der Waals surface area contributed by atoms with Crippen molar-refractivity contribution < 1.29 is 14.0 Å². The fourth-order valence-electron chi connectivity index (χ4n) is 1.21. The Morgan fingerprint density at radius 2 is 2.16 bits per heavy atom. The Labute approximate surface area is 112 Å². The quantitative estimate of drug-likeness (QED) is 0.603. The zero-order valence-corrected chi connectivity index (χ0v) is 11.4. The van der Waals surface area contributed by atoms with Crippen LogP contribution in [0.1, 0.15) is 33.0 Å². The lowest BCUT2D eigenvalue weighted by Gasteiger charge is -2.05. The predicted octanol–water partition coefficient (Wildman–Crippen LogP) is 1.43. The van der Waals surface area contributed by atoms with Gasteiger partial charge in [-0.25, -0.2) is 5.43 Å². The summed E-state index contributed by atoms with van der Waals surface area (Å²) in [5.41, 5.74) is 2.95. The highest BCUT2D eigenvalue weighted by Crippen LogP contribution is 1.99. The molecule has 104 valence electrons. The number of carbonyl (C=O) groups is 2. The van der Waals surface area contributed by atoms with Gasteiger partial charge in [0.15, 0.2) is 0 Å². The van der Waals surface area contributed by atoms with Gasteiger partial charge in [-0.05, 0) is 19.1 Å². The molecule has 2 amide bonds. The minimum atomic E-state index is -0.171. The molecule has 0 radical (unpaired) electrons. The van der Waals surface area contributed by atoms with Crippen molar-refractivity contribution in [1.29, 1.82) is 0 Å². The Balaban J connectivity index is 2.31. The average molecular weight is 265 g/mol. The highest BCUT2D eigenvalue weighted by molar-refractivity contribution is 6.00. The van der Waals surface area contributed by atoms with Gasteiger partial charge in [0.2, 0.25) is 11.8 Å². The Morgan fingerprint density at radius 1 is 1.42 bits per heavy atom. The van der Waals surface area contributed by atoms with Crippen LogP contribution in [0.25, 0.3) is 0 Å². The Hall–Kier alpha value is -2.11. The lowest BCUT2D eigenvalue weighted by atomic mass is 10.2. The van der Waals surface area contributed by atoms with Gasteiger partial charge >= 0.3 is 0 Å². The standard InChI is InChI=1S/C13H19N3O3/c1-9(2)13(18)16-15-10(3)7-12(17)14-8-11-5-4-6-19-11/h4-6,9H,7-8H2,1-3H3,(H,14,17)(H,16,18)/b15-10+. The third kappa shape index (κ3) is 5.85. The summed E-state index contributed by atoms with van der Waals surface area (Å²) < 4.78 is 5.09. The molecule has 2 N–H and O–H groups in total. The lowest BCUT2D eigenvalue weighted by Crippen LogP contribution is -2.27. The highest BCUT2D eigenvalue weighted by Gasteiger charge is 2.07. The fraction of sp³-hybridized carbons (Fsp3) is 0.462. The SMILES string of the molecule is C/C(CC(=O)NCc1ccco1)=N\NC(=O)C(C)C. The minimum absolute atomic E-state index is 0.135. The molecule has 0 aliphatic heterocycles. The normalized spacial score (nSPS) is 11.5. The van der Waals surface area contributed by atoms with E-state index in [9.17, 15) is 9.59 Å². The van der Waals surface area contributed by atoms with Gasteiger partial charge in [-0.1, -0.05) is 13.8 Å². The van der Waals surface area contributed by atoms with E-state index >= 15 is 0 Å². The molecule has 0 aliphatic rings. The molecule has 6 nitrogen and oxygen atoms in total. The van der Waals surface area contributed by atoms with E-state index in [-0.39, 0.29) is 24.2 Å². The molecule has 0 atom stereocenters. The van der Waals surface area contributed by atoms with Crippen molar-refractivity contribution in [1.82, 2.24) is 10.7 Å². The zero-order chi connectivity index (χ0) is 14.3. The monoisotopic (exact) mass is 265 g/mol. The van der Waals surface area contributed by atoms with Crippen LogP contribution in [0.2, 0.25) is 0 Å². The van der Waals surface area contributed by atoms with E-state index in [1.165, 1.54) is 0 Å². The topological polar surface area (TPSA) is 83.7 Å². The number of hydrogen-bond acceptors (Lipinski definition) is 4. The molecule has 1 heterocycles. The summed E-state index contributed by atoms with van der Waals surface area (Å²) in [6, 6.07) is 3.54. The molecular formula is C13H19N3O3. The summed E-state index contributed by atoms with van der Waals surface area (Å²) in [6.45, 7) is 5.58. The zero-order valence-electron chi connectivity index (χ0n) is 11.4. The van der Waals surface area contributed by atoms with Gasteiger partial charge in [0, 0.05) is 11.6 Å². The number of nitrogens with zero attached hydrogens (tertiary/aromatic N) is 1. The van der Waals surface area contributed by atoms with Crippen LogP contribution in [-0.2, 0) is 16.1 Å². The number of furan rings is 1. The minimum Gasteiger partial charge on any atom is -0.467 e. The van der Waals surface area contributed by atoms with Crippen LogP contribution < -0.4 is 10.7 Å². The smallest absolute Gasteiger partial charge is 0.242 e. The second-order valence-electron chi connectivity index (χ2n) is 4.51. The van der Waals surface area contributed by atoms with E-state index in [2.05, 4.69) is 15.8 Å². The van der Waals surface area contributed by atoms with Crippen LogP contribution in [0.4, 0.5) is 0 Å². The first kappa shape index (κ1) is 14.9. The summed E-state index contributed by atoms with van der Waals surface area (Å²) in [5, 5.41) is 6.56. The van der Waals surface area contributed by atoms with Gasteiger partial charge in [0.1, 0.15) is 5.76 Å². The second kappa shape index (κ2) is 7.35. The molecule has 0 fully saturated rings. The fourth-order valence-corrected chi connectivity index (χ4v) is 1.21. The van der Waals surface area contributed by atoms with Crippen molar-refractivity contribution >= 4 is 17.5 Å². The molecule has 0 saturated carbocycles. The molecule has 19 heavy (non-hydrogen) atoms. The second-order valence-corrected chi connectivity index (χ2v) is 4.51. The summed E-state index contributed by atoms with van der Waals surface area (Å²) in [6.07, 6.45) is 1.69. The van der Waals surface area contributed by atoms with Gasteiger partial charge < -0.3 is 9.73 Å². The molecule has 0 bridgehead atoms. The summed E-state index contributed by atoms with van der Waals surface area (Å²) in [5.74, 6) is 0.215. The van der Waals surface area contributed by atoms with Crippen molar-refractivity contribution in [2.45, 2.75) is 33.7 Å². The Kier molecular flexibility index (Phi) is 5.78. The van der Waals surface area contributed by atoms with E-state index in [4.69, 9.17) is 4.42 Å². The largest absolute Gasteiger partial charge is 0.467 e. The summed E-state index contributed by atoms with van der Waals surface area (Å²) >= 11 is 0. The number of hydrogen-bond donors (Lipinski definition) is 2. The van der Waals surface area contributed by atoms with Gasteiger partial charge in [-0.3, -0.25) is 9.59 Å². The van der Waals surface area contributed by atoms with E-state index in [0.717, 1.165) is 0 Å². The first-order valence-corrected chi connectivity index (χ1v) is 6.11. The first-order valence-electron chi connectivity index (χ1n) is 6.11. The molecule has 0 unspecified atom stereocenters. The van der Waals surface area contributed by atoms with Crippen molar-refractivity contribution in [3.05, 3.63) is 24.2 Å². The van der Waals surface area contributed by atoms with E-state index in [1.54, 1.807) is 39.2 Å². The number of amides is 2. The molecule has 0 saturated heterocycles. The Morgan fingerprint density at radius 3 is 2.74 bits per heavy atom. The molecule has 6 heteroatoms. The molecular weight excluding hydrogens is 246 g/mol. The van der Waals surface area contributed by atoms with Crippen molar-refractivity contribution in [3.8, 4) is 0 Å². The molecule has 1 aromatic rings. The molecule has 0 aliphatic carbocycles. The van der Waals surface area contributed by atoms with Crippen molar-refractivity contribution in [2.75, 3.05) is 0 Å². The van der Waals surface area contributed by atoms with Crippen LogP contribution in [0, 0.1) is 5.92 Å². The van der Waals surface area contributed by atoms with E-state index in [1.807, 2.05) is 0 Å². The third-order valence-corrected chi connectivity index (χ3v) is 2.34. The van der Waals surface area contributed by atoms with E-state index < -0.39 is 0 Å². The van der Waals surface area contributed by atoms with E-state index in [0.29, 0.717) is 18.0 Å². The molecule has 0 spiro atoms. The molecule has 0 aromatic carbocycles. The maximum Gasteiger partial charge on any atom is 0.242 e. The number of carbonyl (C=O) groups excluding carboxylic acids is 2. The van der Waals surface area contributed by atoms with Gasteiger partial charge in [-0.15, -0.1) is 0 Å². The van der Waals surface area contributed by atoms with Gasteiger partial charge in [-0.2, -0.15) is 5.10 Å². The van der Waals surface area contributed by atoms with Crippen LogP contribution in [-0.4, -0.2) is 17.5 Å². The van der Waals surface area contributed by atoms with Crippen LogP contribution in [0.5, 0.6) is 0 Å². The third-order valence-electron chi connectivity index (χ3n) is 2.34. The highest BCUT2D eigenvalue weighted by atomic mass is 16.3. The molecule has 1 rings (SSSR count). The van der Waals surface area contributed by atoms with Crippen LogP contribution >= 0.6 is 0 Å². The van der Waals surface area contributed by atoms with Crippen molar-refractivity contribution in [3.63, 3.8) is 0 Å². The number of hydrazone groups is 1.